The topological polar surface area (TPSA) is 38.4 Å². The zero-order valence-electron chi connectivity index (χ0n) is 8.46. The largest absolute Gasteiger partial charge is 0.418 e. The highest BCUT2D eigenvalue weighted by Gasteiger charge is 2.48. The van der Waals surface area contributed by atoms with Crippen molar-refractivity contribution in [2.24, 2.45) is 4.36 Å². The fourth-order valence-corrected chi connectivity index (χ4v) is 3.49. The molecule has 1 aromatic rings. The fourth-order valence-electron chi connectivity index (χ4n) is 1.32. The Morgan fingerprint density at radius 2 is 1.26 bits per heavy atom. The molecule has 1 aromatic carbocycles. The number of alkyl halides is 6. The SMILES string of the molecule is Nc1c(I)c(C(F)(F)F)c(C(F)(F)F)c(I)c1N=S. The second kappa shape index (κ2) is 5.46. The molecule has 2 nitrogen and oxygen atoms in total. The van der Waals surface area contributed by atoms with E-state index in [0.29, 0.717) is 0 Å². The van der Waals surface area contributed by atoms with Crippen molar-refractivity contribution in [3.05, 3.63) is 18.3 Å². The van der Waals surface area contributed by atoms with Crippen molar-refractivity contribution in [1.82, 2.24) is 0 Å². The Bertz CT molecular complexity index is 540. The molecule has 1 rings (SSSR count). The van der Waals surface area contributed by atoms with Crippen molar-refractivity contribution < 1.29 is 26.3 Å². The van der Waals surface area contributed by atoms with Crippen molar-refractivity contribution in [3.8, 4) is 0 Å². The van der Waals surface area contributed by atoms with Gasteiger partial charge in [0.15, 0.2) is 0 Å². The van der Waals surface area contributed by atoms with Gasteiger partial charge in [-0.1, -0.05) is 0 Å². The first-order valence-electron chi connectivity index (χ1n) is 4.21. The minimum atomic E-state index is -5.19. The summed E-state index contributed by atoms with van der Waals surface area (Å²) < 4.78 is 78.6. The molecule has 0 amide bonds. The quantitative estimate of drug-likeness (QED) is 0.322. The monoisotopic (exact) mass is 526 g/mol. The van der Waals surface area contributed by atoms with Gasteiger partial charge in [-0.05, 0) is 45.2 Å². The van der Waals surface area contributed by atoms with Crippen LogP contribution in [0.5, 0.6) is 0 Å². The number of rotatable bonds is 1. The molecule has 0 saturated carbocycles. The van der Waals surface area contributed by atoms with Crippen LogP contribution >= 0.6 is 45.2 Å². The van der Waals surface area contributed by atoms with Crippen LogP contribution in [0, 0.1) is 7.14 Å². The molecule has 0 atom stereocenters. The van der Waals surface area contributed by atoms with Gasteiger partial charge in [0.1, 0.15) is 5.69 Å². The van der Waals surface area contributed by atoms with E-state index in [1.807, 2.05) is 0 Å². The maximum absolute atomic E-state index is 12.8. The van der Waals surface area contributed by atoms with Gasteiger partial charge in [0.25, 0.3) is 0 Å². The first-order valence-corrected chi connectivity index (χ1v) is 6.73. The Morgan fingerprint density at radius 1 is 0.895 bits per heavy atom. The number of hydrogen-bond donors (Lipinski definition) is 1. The van der Waals surface area contributed by atoms with Crippen molar-refractivity contribution in [1.29, 1.82) is 0 Å². The van der Waals surface area contributed by atoms with Crippen LogP contribution in [0.1, 0.15) is 11.1 Å². The number of hydrogen-bond acceptors (Lipinski definition) is 3. The van der Waals surface area contributed by atoms with Crippen LogP contribution < -0.4 is 5.73 Å². The lowest BCUT2D eigenvalue weighted by Gasteiger charge is -2.21. The maximum atomic E-state index is 12.8. The van der Waals surface area contributed by atoms with Crippen LogP contribution in [0.15, 0.2) is 4.36 Å². The summed E-state index contributed by atoms with van der Waals surface area (Å²) in [5.74, 6) is 0. The number of halogens is 8. The molecule has 0 aromatic heterocycles. The van der Waals surface area contributed by atoms with Gasteiger partial charge in [-0.3, -0.25) is 0 Å². The van der Waals surface area contributed by atoms with E-state index in [1.165, 1.54) is 0 Å². The molecule has 0 radical (unpaired) electrons. The van der Waals surface area contributed by atoms with Crippen molar-refractivity contribution in [2.45, 2.75) is 12.4 Å². The lowest BCUT2D eigenvalue weighted by molar-refractivity contribution is -0.163. The van der Waals surface area contributed by atoms with Gasteiger partial charge in [-0.2, -0.15) is 30.7 Å². The van der Waals surface area contributed by atoms with E-state index in [9.17, 15) is 26.3 Å². The number of nitrogens with zero attached hydrogens (tertiary/aromatic N) is 1. The minimum absolute atomic E-state index is 0.472. The highest BCUT2D eigenvalue weighted by Crippen LogP contribution is 2.49. The molecule has 11 heteroatoms. The number of nitrogens with two attached hydrogens (primary N) is 1. The van der Waals surface area contributed by atoms with Crippen LogP contribution in [-0.4, -0.2) is 0 Å². The van der Waals surface area contributed by atoms with Gasteiger partial charge in [0.2, 0.25) is 0 Å². The van der Waals surface area contributed by atoms with Crippen molar-refractivity contribution in [3.63, 3.8) is 0 Å². The Labute approximate surface area is 135 Å². The predicted molar refractivity (Wildman–Crippen MR) is 75.7 cm³/mol. The maximum Gasteiger partial charge on any atom is 0.418 e. The molecule has 0 spiro atoms. The van der Waals surface area contributed by atoms with Gasteiger partial charge in [-0.25, -0.2) is 0 Å². The van der Waals surface area contributed by atoms with E-state index in [0.717, 1.165) is 45.2 Å². The summed E-state index contributed by atoms with van der Waals surface area (Å²) in [5, 5.41) is 0. The zero-order chi connectivity index (χ0) is 15.2. The predicted octanol–water partition coefficient (Wildman–Crippen LogP) is 4.88. The normalized spacial score (nSPS) is 12.6. The van der Waals surface area contributed by atoms with Crippen LogP contribution in [0.25, 0.3) is 0 Å². The summed E-state index contributed by atoms with van der Waals surface area (Å²) in [6.07, 6.45) is -10.4. The fraction of sp³-hybridized carbons (Fsp3) is 0.250. The van der Waals surface area contributed by atoms with Crippen LogP contribution in [-0.2, 0) is 24.8 Å². The third-order valence-corrected chi connectivity index (χ3v) is 4.40. The Kier molecular flexibility index (Phi) is 4.92. The summed E-state index contributed by atoms with van der Waals surface area (Å²) in [6.45, 7) is 0. The zero-order valence-corrected chi connectivity index (χ0v) is 13.6. The average Bonchev–Trinajstić information content (AvgIpc) is 2.20. The van der Waals surface area contributed by atoms with E-state index in [2.05, 4.69) is 16.8 Å². The summed E-state index contributed by atoms with van der Waals surface area (Å²) in [6, 6.07) is 0. The summed E-state index contributed by atoms with van der Waals surface area (Å²) in [4.78, 5) is 0. The highest BCUT2D eigenvalue weighted by molar-refractivity contribution is 14.1. The summed E-state index contributed by atoms with van der Waals surface area (Å²) >= 11 is 6.48. The second-order valence-corrected chi connectivity index (χ2v) is 5.57. The van der Waals surface area contributed by atoms with E-state index in [1.54, 1.807) is 0 Å². The first kappa shape index (κ1) is 17.1. The third-order valence-electron chi connectivity index (χ3n) is 2.05. The van der Waals surface area contributed by atoms with E-state index < -0.39 is 42.0 Å². The molecule has 19 heavy (non-hydrogen) atoms. The second-order valence-electron chi connectivity index (χ2n) is 3.23. The van der Waals surface area contributed by atoms with Gasteiger partial charge < -0.3 is 5.73 Å². The Hall–Kier alpha value is 0.0800. The van der Waals surface area contributed by atoms with E-state index in [-0.39, 0.29) is 0 Å². The third kappa shape index (κ3) is 3.22. The molecular weight excluding hydrogens is 524 g/mol. The molecule has 0 bridgehead atoms. The minimum Gasteiger partial charge on any atom is -0.396 e. The standard InChI is InChI=1S/C8H2F6I2N2S/c9-7(10,11)1-2(8(12,13)14)4(16)6(18-19)5(17)3(1)15/h17H2. The Morgan fingerprint density at radius 3 is 1.58 bits per heavy atom. The molecule has 2 N–H and O–H groups in total. The lowest BCUT2D eigenvalue weighted by atomic mass is 10.0. The molecule has 0 unspecified atom stereocenters. The number of benzene rings is 1. The smallest absolute Gasteiger partial charge is 0.396 e. The van der Waals surface area contributed by atoms with Gasteiger partial charge in [0.05, 0.1) is 24.0 Å². The highest BCUT2D eigenvalue weighted by atomic mass is 127. The molecular formula is C8H2F6I2N2S. The van der Waals surface area contributed by atoms with Crippen molar-refractivity contribution in [2.75, 3.05) is 5.73 Å². The molecule has 0 fully saturated rings. The van der Waals surface area contributed by atoms with Crippen LogP contribution in [0.4, 0.5) is 37.7 Å². The molecule has 0 aliphatic rings. The first-order chi connectivity index (χ1) is 8.42. The summed E-state index contributed by atoms with van der Waals surface area (Å²) in [5.41, 5.74) is 0.746. The van der Waals surface area contributed by atoms with Gasteiger partial charge in [0, 0.05) is 12.4 Å². The number of nitrogen functional groups attached to an aromatic ring is 1. The van der Waals surface area contributed by atoms with Gasteiger partial charge >= 0.3 is 12.4 Å². The van der Waals surface area contributed by atoms with E-state index >= 15 is 0 Å². The molecule has 0 saturated heterocycles. The molecule has 106 valence electrons. The average molecular weight is 526 g/mol. The van der Waals surface area contributed by atoms with Crippen LogP contribution in [0.2, 0.25) is 0 Å². The van der Waals surface area contributed by atoms with Crippen molar-refractivity contribution >= 4 is 69.0 Å². The van der Waals surface area contributed by atoms with E-state index in [4.69, 9.17) is 5.73 Å². The summed E-state index contributed by atoms with van der Waals surface area (Å²) in [7, 11) is 0. The molecule has 0 heterocycles. The molecule has 0 aliphatic carbocycles. The van der Waals surface area contributed by atoms with Crippen LogP contribution in [0.3, 0.4) is 0 Å². The molecule has 0 aliphatic heterocycles. The van der Waals surface area contributed by atoms with Gasteiger partial charge in [-0.15, -0.1) is 0 Å². The number of anilines is 1. The Balaban J connectivity index is 3.97. The lowest BCUT2D eigenvalue weighted by Crippen LogP contribution is -2.21.